The summed E-state index contributed by atoms with van der Waals surface area (Å²) >= 11 is 0. The first-order valence-electron chi connectivity index (χ1n) is 6.80. The van der Waals surface area contributed by atoms with Crippen LogP contribution in [0.2, 0.25) is 0 Å². The Balaban J connectivity index is 1.95. The zero-order valence-electron chi connectivity index (χ0n) is 11.3. The summed E-state index contributed by atoms with van der Waals surface area (Å²) in [5, 5.41) is 2.20. The highest BCUT2D eigenvalue weighted by Crippen LogP contribution is 2.30. The first kappa shape index (κ1) is 11.8. The van der Waals surface area contributed by atoms with Gasteiger partial charge in [0.15, 0.2) is 0 Å². The van der Waals surface area contributed by atoms with Crippen molar-refractivity contribution in [3.8, 4) is 11.8 Å². The molecule has 1 heterocycles. The molecule has 21 heavy (non-hydrogen) atoms. The van der Waals surface area contributed by atoms with Crippen LogP contribution in [-0.2, 0) is 0 Å². The Morgan fingerprint density at radius 2 is 1.57 bits per heavy atom. The fourth-order valence-corrected chi connectivity index (χ4v) is 2.49. The Bertz CT molecular complexity index is 982. The highest BCUT2D eigenvalue weighted by atomic mass is 16.3. The van der Waals surface area contributed by atoms with Crippen LogP contribution in [0, 0.1) is 17.9 Å². The summed E-state index contributed by atoms with van der Waals surface area (Å²) < 4.78 is 5.87. The Morgan fingerprint density at radius 3 is 2.48 bits per heavy atom. The highest BCUT2D eigenvalue weighted by molar-refractivity contribution is 6.07. The molecule has 1 radical (unpaired) electrons. The second kappa shape index (κ2) is 4.85. The molecule has 0 N–H and O–H groups in total. The maximum atomic E-state index is 5.87. The maximum Gasteiger partial charge on any atom is 0.136 e. The standard InChI is InChI=1S/C20H11O/c1-2-7-15(8-3-1)13-14-16-9-6-12-19-20(16)17-10-4-5-11-18(17)21-19/h2-12H. The maximum absolute atomic E-state index is 5.87. The number of benzene rings is 3. The predicted molar refractivity (Wildman–Crippen MR) is 85.0 cm³/mol. The van der Waals surface area contributed by atoms with Crippen LogP contribution in [0.3, 0.4) is 0 Å². The van der Waals surface area contributed by atoms with Gasteiger partial charge in [0.25, 0.3) is 0 Å². The van der Waals surface area contributed by atoms with E-state index in [1.54, 1.807) is 0 Å². The summed E-state index contributed by atoms with van der Waals surface area (Å²) in [4.78, 5) is 0. The van der Waals surface area contributed by atoms with Gasteiger partial charge in [-0.1, -0.05) is 48.2 Å². The molecule has 0 aliphatic heterocycles. The topological polar surface area (TPSA) is 13.1 Å². The molecule has 4 rings (SSSR count). The summed E-state index contributed by atoms with van der Waals surface area (Å²) in [6.45, 7) is 0. The molecule has 1 aromatic heterocycles. The molecule has 1 heteroatoms. The lowest BCUT2D eigenvalue weighted by atomic mass is 10.1. The van der Waals surface area contributed by atoms with Crippen molar-refractivity contribution in [2.45, 2.75) is 0 Å². The van der Waals surface area contributed by atoms with E-state index in [1.165, 1.54) is 0 Å². The fourth-order valence-electron chi connectivity index (χ4n) is 2.49. The predicted octanol–water partition coefficient (Wildman–Crippen LogP) is 4.79. The van der Waals surface area contributed by atoms with Crippen molar-refractivity contribution in [1.29, 1.82) is 0 Å². The number of rotatable bonds is 0. The van der Waals surface area contributed by atoms with Crippen LogP contribution in [-0.4, -0.2) is 0 Å². The van der Waals surface area contributed by atoms with Gasteiger partial charge in [-0.3, -0.25) is 0 Å². The Hall–Kier alpha value is -2.98. The average Bonchev–Trinajstić information content (AvgIpc) is 2.93. The normalized spacial score (nSPS) is 10.5. The van der Waals surface area contributed by atoms with Crippen LogP contribution in [0.15, 0.2) is 71.1 Å². The van der Waals surface area contributed by atoms with Crippen molar-refractivity contribution in [3.05, 3.63) is 83.9 Å². The number of para-hydroxylation sites is 1. The molecule has 97 valence electrons. The molecule has 0 aliphatic carbocycles. The second-order valence-corrected chi connectivity index (χ2v) is 4.82. The third-order valence-electron chi connectivity index (χ3n) is 3.46. The van der Waals surface area contributed by atoms with Gasteiger partial charge < -0.3 is 4.42 Å². The summed E-state index contributed by atoms with van der Waals surface area (Å²) in [6, 6.07) is 24.7. The summed E-state index contributed by atoms with van der Waals surface area (Å²) in [5.74, 6) is 6.45. The fraction of sp³-hybridized carbons (Fsp3) is 0. The van der Waals surface area contributed by atoms with E-state index in [1.807, 2.05) is 60.7 Å². The quantitative estimate of drug-likeness (QED) is 0.418. The zero-order valence-corrected chi connectivity index (χ0v) is 11.3. The molecule has 4 aromatic rings. The van der Waals surface area contributed by atoms with Crippen LogP contribution in [0.4, 0.5) is 0 Å². The lowest BCUT2D eigenvalue weighted by Gasteiger charge is -1.94. The molecule has 3 aromatic carbocycles. The van der Waals surface area contributed by atoms with Crippen LogP contribution in [0.1, 0.15) is 11.1 Å². The largest absolute Gasteiger partial charge is 0.456 e. The number of furan rings is 1. The van der Waals surface area contributed by atoms with E-state index >= 15 is 0 Å². The van der Waals surface area contributed by atoms with Gasteiger partial charge in [0, 0.05) is 21.9 Å². The van der Waals surface area contributed by atoms with Crippen molar-refractivity contribution < 1.29 is 4.42 Å². The van der Waals surface area contributed by atoms with Crippen molar-refractivity contribution >= 4 is 21.9 Å². The van der Waals surface area contributed by atoms with E-state index in [9.17, 15) is 0 Å². The van der Waals surface area contributed by atoms with Gasteiger partial charge >= 0.3 is 0 Å². The Morgan fingerprint density at radius 1 is 0.762 bits per heavy atom. The van der Waals surface area contributed by atoms with E-state index in [4.69, 9.17) is 4.42 Å². The van der Waals surface area contributed by atoms with Crippen molar-refractivity contribution in [2.24, 2.45) is 0 Å². The average molecular weight is 267 g/mol. The van der Waals surface area contributed by atoms with Crippen LogP contribution < -0.4 is 0 Å². The third kappa shape index (κ3) is 2.07. The molecule has 0 saturated carbocycles. The van der Waals surface area contributed by atoms with Crippen LogP contribution in [0.5, 0.6) is 0 Å². The molecular formula is C20H11O. The van der Waals surface area contributed by atoms with Gasteiger partial charge in [-0.15, -0.1) is 0 Å². The minimum absolute atomic E-state index is 0.879. The van der Waals surface area contributed by atoms with Gasteiger partial charge in [0.05, 0.1) is 0 Å². The van der Waals surface area contributed by atoms with E-state index in [0.717, 1.165) is 33.1 Å². The van der Waals surface area contributed by atoms with Gasteiger partial charge in [0.1, 0.15) is 11.2 Å². The van der Waals surface area contributed by atoms with Crippen LogP contribution >= 0.6 is 0 Å². The summed E-state index contributed by atoms with van der Waals surface area (Å²) in [5.41, 5.74) is 3.75. The first-order valence-corrected chi connectivity index (χ1v) is 6.80. The third-order valence-corrected chi connectivity index (χ3v) is 3.46. The minimum Gasteiger partial charge on any atom is -0.456 e. The van der Waals surface area contributed by atoms with Crippen LogP contribution in [0.25, 0.3) is 21.9 Å². The highest BCUT2D eigenvalue weighted by Gasteiger charge is 2.08. The Kier molecular flexibility index (Phi) is 2.73. The van der Waals surface area contributed by atoms with Crippen molar-refractivity contribution in [3.63, 3.8) is 0 Å². The summed E-state index contributed by atoms with van der Waals surface area (Å²) in [6.07, 6.45) is 0. The van der Waals surface area contributed by atoms with Gasteiger partial charge in [-0.05, 0) is 36.4 Å². The molecule has 0 aliphatic rings. The molecule has 0 unspecified atom stereocenters. The lowest BCUT2D eigenvalue weighted by molar-refractivity contribution is 0.669. The molecular weight excluding hydrogens is 256 g/mol. The molecule has 0 saturated heterocycles. The number of hydrogen-bond donors (Lipinski definition) is 0. The number of hydrogen-bond acceptors (Lipinski definition) is 1. The Labute approximate surface area is 122 Å². The van der Waals surface area contributed by atoms with E-state index in [-0.39, 0.29) is 0 Å². The summed E-state index contributed by atoms with van der Waals surface area (Å²) in [7, 11) is 0. The van der Waals surface area contributed by atoms with E-state index < -0.39 is 0 Å². The molecule has 0 atom stereocenters. The van der Waals surface area contributed by atoms with Gasteiger partial charge in [-0.2, -0.15) is 0 Å². The second-order valence-electron chi connectivity index (χ2n) is 4.82. The van der Waals surface area contributed by atoms with Gasteiger partial charge in [0.2, 0.25) is 0 Å². The lowest BCUT2D eigenvalue weighted by Crippen LogP contribution is -1.77. The minimum atomic E-state index is 0.879. The first-order chi connectivity index (χ1) is 10.4. The van der Waals surface area contributed by atoms with Gasteiger partial charge in [-0.25, -0.2) is 0 Å². The molecule has 0 fully saturated rings. The van der Waals surface area contributed by atoms with E-state index in [2.05, 4.69) is 24.0 Å². The monoisotopic (exact) mass is 267 g/mol. The number of fused-ring (bicyclic) bond motifs is 3. The zero-order chi connectivity index (χ0) is 14.1. The molecule has 0 bridgehead atoms. The molecule has 1 nitrogen and oxygen atoms in total. The van der Waals surface area contributed by atoms with Crippen molar-refractivity contribution in [1.82, 2.24) is 0 Å². The molecule has 0 spiro atoms. The van der Waals surface area contributed by atoms with Crippen molar-refractivity contribution in [2.75, 3.05) is 0 Å². The van der Waals surface area contributed by atoms with E-state index in [0.29, 0.717) is 0 Å². The SMILES string of the molecule is C(#Cc1cccc2oc3ccccc3c12)c1cc[c]cc1. The smallest absolute Gasteiger partial charge is 0.136 e. The molecule has 0 amide bonds.